The Hall–Kier alpha value is -1.42. The SMILES string of the molecule is CCCCCN(C)c1cccc(Cl)c1C(N)=NO. The van der Waals surface area contributed by atoms with Gasteiger partial charge in [-0.15, -0.1) is 0 Å². The Bertz CT molecular complexity index is 421. The van der Waals surface area contributed by atoms with Crippen LogP contribution in [0.2, 0.25) is 5.02 Å². The fourth-order valence-corrected chi connectivity index (χ4v) is 2.12. The van der Waals surface area contributed by atoms with Crippen molar-refractivity contribution in [3.63, 3.8) is 0 Å². The van der Waals surface area contributed by atoms with Gasteiger partial charge in [0.2, 0.25) is 0 Å². The van der Waals surface area contributed by atoms with Crippen molar-refractivity contribution < 1.29 is 5.21 Å². The van der Waals surface area contributed by atoms with Gasteiger partial charge in [0.15, 0.2) is 5.84 Å². The van der Waals surface area contributed by atoms with E-state index in [0.29, 0.717) is 10.6 Å². The summed E-state index contributed by atoms with van der Waals surface area (Å²) in [4.78, 5) is 2.08. The van der Waals surface area contributed by atoms with Crippen LogP contribution in [0.1, 0.15) is 31.7 Å². The van der Waals surface area contributed by atoms with Gasteiger partial charge >= 0.3 is 0 Å². The van der Waals surface area contributed by atoms with Gasteiger partial charge in [0.1, 0.15) is 0 Å². The molecule has 18 heavy (non-hydrogen) atoms. The van der Waals surface area contributed by atoms with Gasteiger partial charge in [-0.1, -0.05) is 42.6 Å². The third-order valence-electron chi connectivity index (χ3n) is 2.86. The smallest absolute Gasteiger partial charge is 0.173 e. The van der Waals surface area contributed by atoms with E-state index in [-0.39, 0.29) is 5.84 Å². The fourth-order valence-electron chi connectivity index (χ4n) is 1.85. The molecule has 100 valence electrons. The topological polar surface area (TPSA) is 61.8 Å². The van der Waals surface area contributed by atoms with Crippen LogP contribution in [-0.2, 0) is 0 Å². The highest BCUT2D eigenvalue weighted by atomic mass is 35.5. The zero-order valence-corrected chi connectivity index (χ0v) is 11.6. The lowest BCUT2D eigenvalue weighted by molar-refractivity contribution is 0.318. The lowest BCUT2D eigenvalue weighted by Gasteiger charge is -2.22. The van der Waals surface area contributed by atoms with Crippen LogP contribution in [0, 0.1) is 0 Å². The van der Waals surface area contributed by atoms with Crippen molar-refractivity contribution in [2.45, 2.75) is 26.2 Å². The van der Waals surface area contributed by atoms with Crippen molar-refractivity contribution >= 4 is 23.1 Å². The second-order valence-corrected chi connectivity index (χ2v) is 4.66. The molecule has 1 rings (SSSR count). The molecule has 0 aliphatic heterocycles. The molecule has 0 atom stereocenters. The Morgan fingerprint density at radius 1 is 1.44 bits per heavy atom. The highest BCUT2D eigenvalue weighted by Crippen LogP contribution is 2.26. The predicted molar refractivity (Wildman–Crippen MR) is 76.8 cm³/mol. The Balaban J connectivity index is 2.97. The highest BCUT2D eigenvalue weighted by Gasteiger charge is 2.14. The lowest BCUT2D eigenvalue weighted by atomic mass is 10.1. The molecule has 0 aromatic heterocycles. The molecular formula is C13H20ClN3O. The molecule has 0 heterocycles. The summed E-state index contributed by atoms with van der Waals surface area (Å²) in [6.45, 7) is 3.08. The molecule has 1 aromatic rings. The number of benzene rings is 1. The van der Waals surface area contributed by atoms with Crippen LogP contribution in [0.4, 0.5) is 5.69 Å². The maximum Gasteiger partial charge on any atom is 0.173 e. The second-order valence-electron chi connectivity index (χ2n) is 4.25. The van der Waals surface area contributed by atoms with Crippen molar-refractivity contribution in [1.29, 1.82) is 0 Å². The number of unbranched alkanes of at least 4 members (excludes halogenated alkanes) is 2. The summed E-state index contributed by atoms with van der Waals surface area (Å²) in [7, 11) is 1.98. The molecule has 0 saturated carbocycles. The minimum absolute atomic E-state index is 0.0398. The van der Waals surface area contributed by atoms with E-state index in [1.165, 1.54) is 12.8 Å². The summed E-state index contributed by atoms with van der Waals surface area (Å²) < 4.78 is 0. The third-order valence-corrected chi connectivity index (χ3v) is 3.18. The average Bonchev–Trinajstić information content (AvgIpc) is 2.37. The van der Waals surface area contributed by atoms with Crippen molar-refractivity contribution in [3.8, 4) is 0 Å². The molecule has 4 nitrogen and oxygen atoms in total. The molecule has 3 N–H and O–H groups in total. The first-order valence-corrected chi connectivity index (χ1v) is 6.47. The van der Waals surface area contributed by atoms with Crippen LogP contribution in [-0.4, -0.2) is 24.6 Å². The number of amidine groups is 1. The number of hydrogen-bond donors (Lipinski definition) is 2. The minimum Gasteiger partial charge on any atom is -0.409 e. The number of nitrogens with zero attached hydrogens (tertiary/aromatic N) is 2. The molecule has 0 bridgehead atoms. The van der Waals surface area contributed by atoms with Crippen LogP contribution in [0.25, 0.3) is 0 Å². The molecule has 0 radical (unpaired) electrons. The molecule has 0 aliphatic carbocycles. The molecule has 0 unspecified atom stereocenters. The monoisotopic (exact) mass is 269 g/mol. The van der Waals surface area contributed by atoms with Gasteiger partial charge in [0, 0.05) is 19.3 Å². The summed E-state index contributed by atoms with van der Waals surface area (Å²) in [5, 5.41) is 12.4. The number of hydrogen-bond acceptors (Lipinski definition) is 3. The van der Waals surface area contributed by atoms with Gasteiger partial charge in [-0.05, 0) is 18.6 Å². The van der Waals surface area contributed by atoms with E-state index in [4.69, 9.17) is 22.5 Å². The maximum absolute atomic E-state index is 8.82. The van der Waals surface area contributed by atoms with Crippen LogP contribution in [0.5, 0.6) is 0 Å². The van der Waals surface area contributed by atoms with Gasteiger partial charge in [-0.25, -0.2) is 0 Å². The molecular weight excluding hydrogens is 250 g/mol. The quantitative estimate of drug-likeness (QED) is 0.274. The van der Waals surface area contributed by atoms with Crippen LogP contribution in [0.3, 0.4) is 0 Å². The maximum atomic E-state index is 8.82. The zero-order chi connectivity index (χ0) is 13.5. The minimum atomic E-state index is 0.0398. The van der Waals surface area contributed by atoms with E-state index < -0.39 is 0 Å². The third kappa shape index (κ3) is 3.53. The first-order chi connectivity index (χ1) is 8.61. The van der Waals surface area contributed by atoms with Gasteiger partial charge < -0.3 is 15.8 Å². The standard InChI is InChI=1S/C13H20ClN3O/c1-3-4-5-9-17(2)11-8-6-7-10(14)12(11)13(15)16-18/h6-8,18H,3-5,9H2,1-2H3,(H2,15,16). The van der Waals surface area contributed by atoms with Gasteiger partial charge in [0.25, 0.3) is 0 Å². The van der Waals surface area contributed by atoms with E-state index in [0.717, 1.165) is 18.7 Å². The molecule has 0 fully saturated rings. The molecule has 0 aliphatic rings. The van der Waals surface area contributed by atoms with E-state index >= 15 is 0 Å². The van der Waals surface area contributed by atoms with Crippen molar-refractivity contribution in [2.75, 3.05) is 18.5 Å². The molecule has 0 saturated heterocycles. The van der Waals surface area contributed by atoms with Crippen molar-refractivity contribution in [1.82, 2.24) is 0 Å². The van der Waals surface area contributed by atoms with E-state index in [9.17, 15) is 0 Å². The Morgan fingerprint density at radius 2 is 2.17 bits per heavy atom. The van der Waals surface area contributed by atoms with Crippen molar-refractivity contribution in [3.05, 3.63) is 28.8 Å². The van der Waals surface area contributed by atoms with E-state index in [1.807, 2.05) is 19.2 Å². The lowest BCUT2D eigenvalue weighted by Crippen LogP contribution is -2.24. The first kappa shape index (κ1) is 14.6. The largest absolute Gasteiger partial charge is 0.409 e. The average molecular weight is 270 g/mol. The van der Waals surface area contributed by atoms with E-state index in [1.54, 1.807) is 6.07 Å². The van der Waals surface area contributed by atoms with Crippen LogP contribution in [0.15, 0.2) is 23.4 Å². The molecule has 0 spiro atoms. The summed E-state index contributed by atoms with van der Waals surface area (Å²) >= 11 is 6.11. The van der Waals surface area contributed by atoms with E-state index in [2.05, 4.69) is 17.0 Å². The summed E-state index contributed by atoms with van der Waals surface area (Å²) in [6.07, 6.45) is 3.47. The predicted octanol–water partition coefficient (Wildman–Crippen LogP) is 3.06. The summed E-state index contributed by atoms with van der Waals surface area (Å²) in [6, 6.07) is 5.52. The Labute approximate surface area is 113 Å². The highest BCUT2D eigenvalue weighted by molar-refractivity contribution is 6.34. The first-order valence-electron chi connectivity index (χ1n) is 6.09. The number of rotatable bonds is 6. The van der Waals surface area contributed by atoms with Crippen LogP contribution < -0.4 is 10.6 Å². The number of halogens is 1. The molecule has 5 heteroatoms. The molecule has 0 amide bonds. The Morgan fingerprint density at radius 3 is 2.78 bits per heavy atom. The second kappa shape index (κ2) is 7.11. The van der Waals surface area contributed by atoms with Crippen molar-refractivity contribution in [2.24, 2.45) is 10.9 Å². The fraction of sp³-hybridized carbons (Fsp3) is 0.462. The van der Waals surface area contributed by atoms with Gasteiger partial charge in [0.05, 0.1) is 10.6 Å². The number of oxime groups is 1. The number of nitrogens with two attached hydrogens (primary N) is 1. The number of anilines is 1. The summed E-state index contributed by atoms with van der Waals surface area (Å²) in [5.41, 5.74) is 7.14. The van der Waals surface area contributed by atoms with Crippen LogP contribution >= 0.6 is 11.6 Å². The summed E-state index contributed by atoms with van der Waals surface area (Å²) in [5.74, 6) is 0.0398. The normalized spacial score (nSPS) is 11.6. The molecule has 1 aromatic carbocycles. The zero-order valence-electron chi connectivity index (χ0n) is 10.9. The van der Waals surface area contributed by atoms with Gasteiger partial charge in [-0.3, -0.25) is 0 Å². The van der Waals surface area contributed by atoms with Gasteiger partial charge in [-0.2, -0.15) is 0 Å². The Kier molecular flexibility index (Phi) is 5.78.